The van der Waals surface area contributed by atoms with Gasteiger partial charge in [-0.05, 0) is 38.5 Å². The molecule has 10 heteroatoms. The molecule has 1 aliphatic carbocycles. The Morgan fingerprint density at radius 1 is 1.25 bits per heavy atom. The van der Waals surface area contributed by atoms with Crippen LogP contribution in [0.4, 0.5) is 13.2 Å². The predicted molar refractivity (Wildman–Crippen MR) is 93.7 cm³/mol. The maximum atomic E-state index is 12.8. The summed E-state index contributed by atoms with van der Waals surface area (Å²) in [6.45, 7) is 6.21. The van der Waals surface area contributed by atoms with Crippen molar-refractivity contribution >= 4 is 11.9 Å². The molecule has 0 bridgehead atoms. The minimum atomic E-state index is -5.08. The number of hydrogen-bond acceptors (Lipinski definition) is 4. The van der Waals surface area contributed by atoms with Crippen molar-refractivity contribution in [3.63, 3.8) is 0 Å². The fourth-order valence-corrected chi connectivity index (χ4v) is 3.72. The zero-order valence-corrected chi connectivity index (χ0v) is 15.8. The van der Waals surface area contributed by atoms with Crippen LogP contribution in [0, 0.1) is 5.92 Å². The summed E-state index contributed by atoms with van der Waals surface area (Å²) in [4.78, 5) is 26.1. The van der Waals surface area contributed by atoms with Gasteiger partial charge in [-0.25, -0.2) is 4.79 Å². The minimum absolute atomic E-state index is 0.130. The van der Waals surface area contributed by atoms with Crippen LogP contribution in [0.5, 0.6) is 0 Å². The molecule has 1 amide bonds. The second-order valence-electron chi connectivity index (χ2n) is 7.75. The lowest BCUT2D eigenvalue weighted by atomic mass is 10.0. The molecule has 1 saturated heterocycles. The number of halogens is 3. The highest BCUT2D eigenvalue weighted by molar-refractivity contribution is 5.94. The normalized spacial score (nSPS) is 22.4. The molecule has 0 spiro atoms. The van der Waals surface area contributed by atoms with Gasteiger partial charge in [0.1, 0.15) is 0 Å². The number of carbonyl (C=O) groups is 2. The summed E-state index contributed by atoms with van der Waals surface area (Å²) in [6, 6.07) is 0.357. The summed E-state index contributed by atoms with van der Waals surface area (Å²) in [7, 11) is 0. The number of nitrogens with zero attached hydrogens (tertiary/aromatic N) is 3. The molecule has 0 aromatic carbocycles. The number of likely N-dealkylation sites (tertiary alicyclic amines) is 1. The van der Waals surface area contributed by atoms with E-state index in [1.54, 1.807) is 0 Å². The van der Waals surface area contributed by atoms with E-state index in [-0.39, 0.29) is 5.91 Å². The third-order valence-corrected chi connectivity index (χ3v) is 5.48. The Morgan fingerprint density at radius 3 is 2.46 bits per heavy atom. The Balaban J connectivity index is 0.000000279. The molecular formula is C18H25F3N4O3. The van der Waals surface area contributed by atoms with Gasteiger partial charge in [0.25, 0.3) is 5.91 Å². The average molecular weight is 402 g/mol. The zero-order chi connectivity index (χ0) is 20.5. The number of rotatable bonds is 3. The number of carboxylic acids is 1. The number of nitrogens with one attached hydrogen (secondary N) is 1. The van der Waals surface area contributed by atoms with Crippen molar-refractivity contribution in [2.75, 3.05) is 19.6 Å². The number of carboxylic acid groups (broad SMARTS) is 1. The Hall–Kier alpha value is -2.10. The second-order valence-corrected chi connectivity index (χ2v) is 7.75. The number of amides is 1. The van der Waals surface area contributed by atoms with Gasteiger partial charge in [0, 0.05) is 49.9 Å². The summed E-state index contributed by atoms with van der Waals surface area (Å²) >= 11 is 0. The van der Waals surface area contributed by atoms with Crippen LogP contribution < -0.4 is 0 Å². The molecule has 3 heterocycles. The molecule has 2 aliphatic heterocycles. The van der Waals surface area contributed by atoms with Gasteiger partial charge >= 0.3 is 12.1 Å². The van der Waals surface area contributed by atoms with Crippen molar-refractivity contribution in [3.05, 3.63) is 17.0 Å². The lowest BCUT2D eigenvalue weighted by Crippen LogP contribution is -2.36. The number of aromatic nitrogens is 2. The Labute approximate surface area is 160 Å². The van der Waals surface area contributed by atoms with E-state index in [0.717, 1.165) is 50.4 Å². The zero-order valence-electron chi connectivity index (χ0n) is 15.8. The summed E-state index contributed by atoms with van der Waals surface area (Å²) < 4.78 is 31.7. The topological polar surface area (TPSA) is 89.5 Å². The van der Waals surface area contributed by atoms with E-state index in [1.807, 2.05) is 4.90 Å². The molecule has 1 aromatic heterocycles. The first kappa shape index (κ1) is 20.6. The summed E-state index contributed by atoms with van der Waals surface area (Å²) in [5, 5.41) is 14.6. The van der Waals surface area contributed by atoms with Crippen molar-refractivity contribution in [2.24, 2.45) is 5.92 Å². The molecule has 2 N–H and O–H groups in total. The van der Waals surface area contributed by atoms with Crippen molar-refractivity contribution in [1.82, 2.24) is 20.0 Å². The first-order valence-electron chi connectivity index (χ1n) is 9.56. The van der Waals surface area contributed by atoms with Gasteiger partial charge in [-0.2, -0.15) is 18.3 Å². The first-order chi connectivity index (χ1) is 13.2. The Kier molecular flexibility index (Phi) is 5.97. The van der Waals surface area contributed by atoms with E-state index in [0.29, 0.717) is 11.7 Å². The molecule has 2 fully saturated rings. The van der Waals surface area contributed by atoms with Crippen LogP contribution in [0.25, 0.3) is 0 Å². The number of aliphatic carboxylic acids is 1. The Bertz CT molecular complexity index is 730. The summed E-state index contributed by atoms with van der Waals surface area (Å²) in [6.07, 6.45) is 0.912. The monoisotopic (exact) mass is 402 g/mol. The molecule has 1 aromatic rings. The highest BCUT2D eigenvalue weighted by Gasteiger charge is 2.38. The van der Waals surface area contributed by atoms with Gasteiger partial charge < -0.3 is 10.0 Å². The first-order valence-corrected chi connectivity index (χ1v) is 9.56. The lowest BCUT2D eigenvalue weighted by Gasteiger charge is -2.27. The van der Waals surface area contributed by atoms with Gasteiger partial charge in [0.15, 0.2) is 5.69 Å². The van der Waals surface area contributed by atoms with Crippen LogP contribution in [-0.4, -0.2) is 68.8 Å². The van der Waals surface area contributed by atoms with Crippen LogP contribution in [0.3, 0.4) is 0 Å². The standard InChI is InChI=1S/C16H24N4O.C2HF3O2/c1-11-3-2-7-20(11)16(21)15-13-10-19(9-12-4-5-12)8-6-14(13)17-18-15;3-2(4,5)1(6)7/h11-12H,2-10H2,1H3,(H,17,18);(H,6,7). The number of carbonyl (C=O) groups excluding carboxylic acids is 1. The van der Waals surface area contributed by atoms with Gasteiger partial charge in [0.2, 0.25) is 0 Å². The fraction of sp³-hybridized carbons (Fsp3) is 0.722. The van der Waals surface area contributed by atoms with E-state index in [2.05, 4.69) is 22.0 Å². The third-order valence-electron chi connectivity index (χ3n) is 5.48. The Morgan fingerprint density at radius 2 is 1.93 bits per heavy atom. The van der Waals surface area contributed by atoms with Crippen molar-refractivity contribution in [2.45, 2.75) is 57.8 Å². The van der Waals surface area contributed by atoms with E-state index in [4.69, 9.17) is 9.90 Å². The average Bonchev–Trinajstić information content (AvgIpc) is 3.16. The van der Waals surface area contributed by atoms with E-state index >= 15 is 0 Å². The van der Waals surface area contributed by atoms with Gasteiger partial charge in [-0.3, -0.25) is 14.8 Å². The summed E-state index contributed by atoms with van der Waals surface area (Å²) in [5.41, 5.74) is 3.02. The number of aromatic amines is 1. The predicted octanol–water partition coefficient (Wildman–Crippen LogP) is 2.44. The molecule has 3 aliphatic rings. The van der Waals surface area contributed by atoms with Crippen LogP contribution in [0.1, 0.15) is 54.4 Å². The maximum Gasteiger partial charge on any atom is 0.490 e. The highest BCUT2D eigenvalue weighted by Crippen LogP contribution is 2.32. The van der Waals surface area contributed by atoms with Crippen molar-refractivity contribution < 1.29 is 27.9 Å². The van der Waals surface area contributed by atoms with Crippen LogP contribution in [-0.2, 0) is 17.8 Å². The molecule has 1 unspecified atom stereocenters. The largest absolute Gasteiger partial charge is 0.490 e. The number of H-pyrrole nitrogens is 1. The van der Waals surface area contributed by atoms with Crippen LogP contribution >= 0.6 is 0 Å². The number of hydrogen-bond donors (Lipinski definition) is 2. The smallest absolute Gasteiger partial charge is 0.475 e. The highest BCUT2D eigenvalue weighted by atomic mass is 19.4. The molecule has 1 saturated carbocycles. The van der Waals surface area contributed by atoms with Crippen LogP contribution in [0.15, 0.2) is 0 Å². The number of alkyl halides is 3. The second kappa shape index (κ2) is 8.10. The quantitative estimate of drug-likeness (QED) is 0.811. The minimum Gasteiger partial charge on any atom is -0.475 e. The van der Waals surface area contributed by atoms with E-state index < -0.39 is 12.1 Å². The molecule has 4 rings (SSSR count). The molecule has 7 nitrogen and oxygen atoms in total. The molecular weight excluding hydrogens is 377 g/mol. The fourth-order valence-electron chi connectivity index (χ4n) is 3.72. The van der Waals surface area contributed by atoms with Gasteiger partial charge in [-0.15, -0.1) is 0 Å². The van der Waals surface area contributed by atoms with Crippen molar-refractivity contribution in [1.29, 1.82) is 0 Å². The third kappa shape index (κ3) is 4.84. The molecule has 0 radical (unpaired) electrons. The van der Waals surface area contributed by atoms with E-state index in [9.17, 15) is 18.0 Å². The van der Waals surface area contributed by atoms with Crippen LogP contribution in [0.2, 0.25) is 0 Å². The van der Waals surface area contributed by atoms with Crippen molar-refractivity contribution in [3.8, 4) is 0 Å². The molecule has 1 atom stereocenters. The number of fused-ring (bicyclic) bond motifs is 1. The summed E-state index contributed by atoms with van der Waals surface area (Å²) in [5.74, 6) is -1.73. The molecule has 28 heavy (non-hydrogen) atoms. The van der Waals surface area contributed by atoms with Gasteiger partial charge in [-0.1, -0.05) is 0 Å². The molecule has 156 valence electrons. The lowest BCUT2D eigenvalue weighted by molar-refractivity contribution is -0.192. The van der Waals surface area contributed by atoms with E-state index in [1.165, 1.54) is 25.1 Å². The SMILES string of the molecule is CC1CCCN1C(=O)c1n[nH]c2c1CN(CC1CC1)CC2.O=C(O)C(F)(F)F. The van der Waals surface area contributed by atoms with Gasteiger partial charge in [0.05, 0.1) is 0 Å². The maximum absolute atomic E-state index is 12.8.